The highest BCUT2D eigenvalue weighted by atomic mass is 32.2. The molecule has 0 fully saturated rings. The number of amides is 1. The predicted octanol–water partition coefficient (Wildman–Crippen LogP) is 4.96. The lowest BCUT2D eigenvalue weighted by Crippen LogP contribution is -2.21. The van der Waals surface area contributed by atoms with E-state index in [2.05, 4.69) is 10.0 Å². The molecule has 2 aromatic heterocycles. The van der Waals surface area contributed by atoms with Crippen LogP contribution in [-0.4, -0.2) is 39.1 Å². The molecule has 0 radical (unpaired) electrons. The van der Waals surface area contributed by atoms with Crippen LogP contribution in [0.3, 0.4) is 0 Å². The Hall–Kier alpha value is -4.55. The minimum Gasteiger partial charge on any atom is -0.507 e. The Balaban J connectivity index is 1.25. The molecule has 0 saturated heterocycles. The molecule has 0 saturated carbocycles. The number of carbonyl (C=O) groups is 2. The summed E-state index contributed by atoms with van der Waals surface area (Å²) < 4.78 is 43.4. The Morgan fingerprint density at radius 3 is 2.55 bits per heavy atom. The van der Waals surface area contributed by atoms with Gasteiger partial charge in [-0.05, 0) is 35.7 Å². The number of hydrogen-bond donors (Lipinski definition) is 3. The summed E-state index contributed by atoms with van der Waals surface area (Å²) in [7, 11) is -2.36. The number of esters is 1. The van der Waals surface area contributed by atoms with Gasteiger partial charge in [-0.2, -0.15) is 0 Å². The second kappa shape index (κ2) is 10.1. The van der Waals surface area contributed by atoms with Gasteiger partial charge >= 0.3 is 5.97 Å². The van der Waals surface area contributed by atoms with Crippen molar-refractivity contribution in [2.24, 2.45) is 0 Å². The summed E-state index contributed by atoms with van der Waals surface area (Å²) in [6, 6.07) is 17.5. The highest BCUT2D eigenvalue weighted by Crippen LogP contribution is 2.36. The van der Waals surface area contributed by atoms with E-state index in [-0.39, 0.29) is 15.5 Å². The predicted molar refractivity (Wildman–Crippen MR) is 142 cm³/mol. The summed E-state index contributed by atoms with van der Waals surface area (Å²) in [5, 5.41) is 16.2. The standard InChI is InChI=1S/C26H20N2O8S2/c1-34-23-12-18-16-5-2-3-6-21(16)36-22(18)13-19(23)27-24(30)14-35-26(31)17-9-8-15(11-20(17)29)28-38(32,33)25-7-4-10-37-25/h2-13,28-29H,14H2,1H3,(H,27,30). The van der Waals surface area contributed by atoms with E-state index >= 15 is 0 Å². The highest BCUT2D eigenvalue weighted by Gasteiger charge is 2.20. The van der Waals surface area contributed by atoms with Gasteiger partial charge in [-0.3, -0.25) is 9.52 Å². The number of methoxy groups -OCH3 is 1. The van der Waals surface area contributed by atoms with Crippen molar-refractivity contribution >= 4 is 66.5 Å². The Kier molecular flexibility index (Phi) is 6.66. The maximum Gasteiger partial charge on any atom is 0.342 e. The third kappa shape index (κ3) is 4.99. The van der Waals surface area contributed by atoms with Crippen LogP contribution in [0.25, 0.3) is 21.9 Å². The van der Waals surface area contributed by atoms with Crippen molar-refractivity contribution in [1.82, 2.24) is 0 Å². The molecule has 2 heterocycles. The maximum absolute atomic E-state index is 12.5. The molecule has 0 bridgehead atoms. The number of sulfonamides is 1. The maximum atomic E-state index is 12.5. The van der Waals surface area contributed by atoms with Crippen LogP contribution in [-0.2, 0) is 19.6 Å². The molecule has 0 atom stereocenters. The fourth-order valence-corrected chi connectivity index (χ4v) is 5.85. The average Bonchev–Trinajstić information content (AvgIpc) is 3.55. The first-order chi connectivity index (χ1) is 18.2. The van der Waals surface area contributed by atoms with Crippen LogP contribution in [0.2, 0.25) is 0 Å². The van der Waals surface area contributed by atoms with Crippen molar-refractivity contribution in [2.75, 3.05) is 23.8 Å². The van der Waals surface area contributed by atoms with Crippen LogP contribution in [0, 0.1) is 0 Å². The van der Waals surface area contributed by atoms with E-state index in [1.165, 1.54) is 25.3 Å². The van der Waals surface area contributed by atoms with Gasteiger partial charge in [0, 0.05) is 22.9 Å². The van der Waals surface area contributed by atoms with Gasteiger partial charge in [0.25, 0.3) is 15.9 Å². The Bertz CT molecular complexity index is 1780. The lowest BCUT2D eigenvalue weighted by Gasteiger charge is -2.11. The Labute approximate surface area is 220 Å². The minimum absolute atomic E-state index is 0.0540. The molecule has 0 spiro atoms. The molecule has 0 aliphatic carbocycles. The monoisotopic (exact) mass is 552 g/mol. The molecule has 0 aliphatic rings. The molecule has 5 aromatic rings. The first-order valence-corrected chi connectivity index (χ1v) is 13.5. The topological polar surface area (TPSA) is 144 Å². The van der Waals surface area contributed by atoms with Crippen LogP contribution in [0.1, 0.15) is 10.4 Å². The number of anilines is 2. The summed E-state index contributed by atoms with van der Waals surface area (Å²) in [6.45, 7) is -0.646. The normalized spacial score (nSPS) is 11.4. The fraction of sp³-hybridized carbons (Fsp3) is 0.0769. The molecular formula is C26H20N2O8S2. The molecule has 3 N–H and O–H groups in total. The number of furan rings is 1. The van der Waals surface area contributed by atoms with Crippen LogP contribution in [0.5, 0.6) is 11.5 Å². The lowest BCUT2D eigenvalue weighted by molar-refractivity contribution is -0.119. The zero-order valence-electron chi connectivity index (χ0n) is 19.8. The van der Waals surface area contributed by atoms with E-state index in [0.717, 1.165) is 28.2 Å². The lowest BCUT2D eigenvalue weighted by atomic mass is 10.1. The largest absolute Gasteiger partial charge is 0.507 e. The van der Waals surface area contributed by atoms with Crippen molar-refractivity contribution in [3.8, 4) is 11.5 Å². The third-order valence-corrected chi connectivity index (χ3v) is 8.32. The first-order valence-electron chi connectivity index (χ1n) is 11.1. The van der Waals surface area contributed by atoms with Crippen molar-refractivity contribution in [2.45, 2.75) is 4.21 Å². The average molecular weight is 553 g/mol. The van der Waals surface area contributed by atoms with Gasteiger partial charge in [-0.25, -0.2) is 13.2 Å². The Morgan fingerprint density at radius 1 is 1.00 bits per heavy atom. The number of phenols is 1. The summed E-state index contributed by atoms with van der Waals surface area (Å²) >= 11 is 1.04. The Morgan fingerprint density at radius 2 is 1.82 bits per heavy atom. The van der Waals surface area contributed by atoms with E-state index < -0.39 is 34.3 Å². The molecular weight excluding hydrogens is 532 g/mol. The van der Waals surface area contributed by atoms with Crippen molar-refractivity contribution < 1.29 is 37.0 Å². The van der Waals surface area contributed by atoms with Crippen LogP contribution < -0.4 is 14.8 Å². The summed E-state index contributed by atoms with van der Waals surface area (Å²) in [6.07, 6.45) is 0. The van der Waals surface area contributed by atoms with Crippen molar-refractivity contribution in [1.29, 1.82) is 0 Å². The zero-order valence-corrected chi connectivity index (χ0v) is 21.4. The molecule has 0 aliphatic heterocycles. The molecule has 10 nitrogen and oxygen atoms in total. The van der Waals surface area contributed by atoms with Gasteiger partial charge in [-0.15, -0.1) is 11.3 Å². The van der Waals surface area contributed by atoms with Crippen LogP contribution >= 0.6 is 11.3 Å². The minimum atomic E-state index is -3.83. The number of hydrogen-bond acceptors (Lipinski definition) is 9. The van der Waals surface area contributed by atoms with Gasteiger partial charge in [0.15, 0.2) is 6.61 Å². The number of phenolic OH excluding ortho intramolecular Hbond substituents is 1. The number of ether oxygens (including phenoxy) is 2. The van der Waals surface area contributed by atoms with Crippen LogP contribution in [0.15, 0.2) is 80.7 Å². The second-order valence-corrected chi connectivity index (χ2v) is 10.9. The van der Waals surface area contributed by atoms with E-state index in [1.54, 1.807) is 23.6 Å². The third-order valence-electron chi connectivity index (χ3n) is 5.54. The van der Waals surface area contributed by atoms with Gasteiger partial charge in [0.1, 0.15) is 32.4 Å². The molecule has 5 rings (SSSR count). The van der Waals surface area contributed by atoms with Crippen LogP contribution in [0.4, 0.5) is 11.4 Å². The zero-order chi connectivity index (χ0) is 26.9. The van der Waals surface area contributed by atoms with E-state index in [9.17, 15) is 23.1 Å². The number of benzene rings is 3. The van der Waals surface area contributed by atoms with Gasteiger partial charge < -0.3 is 24.3 Å². The van der Waals surface area contributed by atoms with E-state index in [4.69, 9.17) is 13.9 Å². The van der Waals surface area contributed by atoms with Crippen molar-refractivity contribution in [3.05, 3.63) is 77.7 Å². The molecule has 12 heteroatoms. The first kappa shape index (κ1) is 25.1. The van der Waals surface area contributed by atoms with Crippen molar-refractivity contribution in [3.63, 3.8) is 0 Å². The number of fused-ring (bicyclic) bond motifs is 3. The van der Waals surface area contributed by atoms with Gasteiger partial charge in [-0.1, -0.05) is 24.3 Å². The van der Waals surface area contributed by atoms with E-state index in [0.29, 0.717) is 22.6 Å². The van der Waals surface area contributed by atoms with E-state index in [1.807, 2.05) is 24.3 Å². The summed E-state index contributed by atoms with van der Waals surface area (Å²) in [4.78, 5) is 25.0. The molecule has 1 amide bonds. The second-order valence-electron chi connectivity index (χ2n) is 8.04. The molecule has 3 aromatic carbocycles. The number of aromatic hydroxyl groups is 1. The summed E-state index contributed by atoms with van der Waals surface area (Å²) in [5.41, 5.74) is 1.37. The quantitative estimate of drug-likeness (QED) is 0.229. The number of carbonyl (C=O) groups excluding carboxylic acids is 2. The number of para-hydroxylation sites is 1. The SMILES string of the molecule is COc1cc2c(cc1NC(=O)COC(=O)c1ccc(NS(=O)(=O)c3cccs3)cc1O)oc1ccccc12. The highest BCUT2D eigenvalue weighted by molar-refractivity contribution is 7.94. The fourth-order valence-electron chi connectivity index (χ4n) is 3.80. The number of rotatable bonds is 8. The van der Waals surface area contributed by atoms with Gasteiger partial charge in [0.05, 0.1) is 18.5 Å². The molecule has 194 valence electrons. The molecule has 0 unspecified atom stereocenters. The van der Waals surface area contributed by atoms with Gasteiger partial charge in [0.2, 0.25) is 0 Å². The number of nitrogens with one attached hydrogen (secondary N) is 2. The smallest absolute Gasteiger partial charge is 0.342 e. The number of thiophene rings is 1. The summed E-state index contributed by atoms with van der Waals surface area (Å²) in [5.74, 6) is -1.74. The molecule has 38 heavy (non-hydrogen) atoms.